The lowest BCUT2D eigenvalue weighted by atomic mass is 10.1. The van der Waals surface area contributed by atoms with Crippen LogP contribution in [0.2, 0.25) is 0 Å². The summed E-state index contributed by atoms with van der Waals surface area (Å²) < 4.78 is 10.6. The van der Waals surface area contributed by atoms with E-state index in [1.54, 1.807) is 14.2 Å². The number of hydrogen-bond donors (Lipinski definition) is 1. The molecule has 0 heterocycles. The average molecular weight is 264 g/mol. The number of ether oxygens (including phenoxy) is 2. The molecule has 0 aliphatic heterocycles. The number of rotatable bonds is 5. The number of quaternary nitrogens is 1. The summed E-state index contributed by atoms with van der Waals surface area (Å²) in [5.74, 6) is 1.76. The van der Waals surface area contributed by atoms with E-state index in [0.29, 0.717) is 0 Å². The van der Waals surface area contributed by atoms with Crippen molar-refractivity contribution in [3.63, 3.8) is 0 Å². The van der Waals surface area contributed by atoms with Gasteiger partial charge in [0.2, 0.25) is 0 Å². The molecule has 0 atom stereocenters. The molecular formula is C16H26NO2+. The van der Waals surface area contributed by atoms with Crippen molar-refractivity contribution >= 4 is 0 Å². The molecule has 1 aromatic rings. The van der Waals surface area contributed by atoms with Crippen molar-refractivity contribution in [2.75, 3.05) is 14.2 Å². The molecule has 0 amide bonds. The fraction of sp³-hybridized carbons (Fsp3) is 0.625. The third kappa shape index (κ3) is 4.43. The van der Waals surface area contributed by atoms with Crippen LogP contribution in [0.4, 0.5) is 0 Å². The molecule has 1 aliphatic carbocycles. The van der Waals surface area contributed by atoms with E-state index in [4.69, 9.17) is 9.47 Å². The average Bonchev–Trinajstić information content (AvgIpc) is 2.73. The fourth-order valence-electron chi connectivity index (χ4n) is 2.83. The van der Waals surface area contributed by atoms with E-state index in [1.165, 1.54) is 44.1 Å². The molecule has 0 bridgehead atoms. The van der Waals surface area contributed by atoms with Gasteiger partial charge in [-0.1, -0.05) is 12.8 Å². The highest BCUT2D eigenvalue weighted by Crippen LogP contribution is 2.22. The van der Waals surface area contributed by atoms with Crippen molar-refractivity contribution < 1.29 is 14.8 Å². The summed E-state index contributed by atoms with van der Waals surface area (Å²) in [4.78, 5) is 0. The third-order valence-corrected chi connectivity index (χ3v) is 4.00. The second-order valence-corrected chi connectivity index (χ2v) is 5.41. The Bertz CT molecular complexity index is 362. The highest BCUT2D eigenvalue weighted by molar-refractivity contribution is 5.37. The maximum absolute atomic E-state index is 5.32. The van der Waals surface area contributed by atoms with Gasteiger partial charge in [0, 0.05) is 11.6 Å². The summed E-state index contributed by atoms with van der Waals surface area (Å²) >= 11 is 0. The smallest absolute Gasteiger partial charge is 0.123 e. The molecule has 2 N–H and O–H groups in total. The Balaban J connectivity index is 1.94. The minimum atomic E-state index is 0.791. The molecule has 3 heteroatoms. The maximum Gasteiger partial charge on any atom is 0.123 e. The summed E-state index contributed by atoms with van der Waals surface area (Å²) in [6, 6.07) is 6.93. The molecule has 106 valence electrons. The molecule has 3 nitrogen and oxygen atoms in total. The zero-order chi connectivity index (χ0) is 13.5. The number of hydrogen-bond acceptors (Lipinski definition) is 2. The van der Waals surface area contributed by atoms with Gasteiger partial charge < -0.3 is 14.8 Å². The standard InChI is InChI=1S/C16H25NO2/c1-18-15-9-13(10-16(11-15)19-2)12-17-14-7-5-3-4-6-8-14/h9-11,14,17H,3-8,12H2,1-2H3/p+1. The first-order valence-corrected chi connectivity index (χ1v) is 7.37. The first kappa shape index (κ1) is 14.2. The minimum Gasteiger partial charge on any atom is -0.497 e. The van der Waals surface area contributed by atoms with Gasteiger partial charge in [0.25, 0.3) is 0 Å². The van der Waals surface area contributed by atoms with Crippen LogP contribution in [0.15, 0.2) is 18.2 Å². The van der Waals surface area contributed by atoms with Gasteiger partial charge in [0.1, 0.15) is 18.0 Å². The van der Waals surface area contributed by atoms with Gasteiger partial charge in [-0.25, -0.2) is 0 Å². The largest absolute Gasteiger partial charge is 0.497 e. The Labute approximate surface area is 116 Å². The highest BCUT2D eigenvalue weighted by atomic mass is 16.5. The van der Waals surface area contributed by atoms with Gasteiger partial charge in [-0.3, -0.25) is 0 Å². The predicted molar refractivity (Wildman–Crippen MR) is 76.7 cm³/mol. The number of nitrogens with two attached hydrogens (primary N) is 1. The predicted octanol–water partition coefficient (Wildman–Crippen LogP) is 2.49. The summed E-state index contributed by atoms with van der Waals surface area (Å²) in [5.41, 5.74) is 1.28. The van der Waals surface area contributed by atoms with Crippen molar-refractivity contribution in [2.45, 2.75) is 51.1 Å². The molecule has 0 unspecified atom stereocenters. The van der Waals surface area contributed by atoms with Crippen LogP contribution in [-0.2, 0) is 6.54 Å². The SMILES string of the molecule is COc1cc(C[NH2+]C2CCCCCC2)cc(OC)c1. The quantitative estimate of drug-likeness (QED) is 0.829. The van der Waals surface area contributed by atoms with E-state index >= 15 is 0 Å². The third-order valence-electron chi connectivity index (χ3n) is 4.00. The summed E-state index contributed by atoms with van der Waals surface area (Å²) in [7, 11) is 3.40. The summed E-state index contributed by atoms with van der Waals surface area (Å²) in [6.07, 6.45) is 8.34. The van der Waals surface area contributed by atoms with Crippen LogP contribution in [0, 0.1) is 0 Å². The first-order chi connectivity index (χ1) is 9.31. The Hall–Kier alpha value is -1.22. The number of methoxy groups -OCH3 is 2. The van der Waals surface area contributed by atoms with E-state index in [-0.39, 0.29) is 0 Å². The lowest BCUT2D eigenvalue weighted by Crippen LogP contribution is -2.88. The van der Waals surface area contributed by atoms with E-state index in [1.807, 2.05) is 6.07 Å². The van der Waals surface area contributed by atoms with Crippen LogP contribution in [0.5, 0.6) is 11.5 Å². The maximum atomic E-state index is 5.32. The molecule has 1 aromatic carbocycles. The minimum absolute atomic E-state index is 0.791. The van der Waals surface area contributed by atoms with Crippen molar-refractivity contribution in [1.29, 1.82) is 0 Å². The zero-order valence-electron chi connectivity index (χ0n) is 12.2. The fourth-order valence-corrected chi connectivity index (χ4v) is 2.83. The Kier molecular flexibility index (Phi) is 5.52. The highest BCUT2D eigenvalue weighted by Gasteiger charge is 2.15. The van der Waals surface area contributed by atoms with Crippen LogP contribution < -0.4 is 14.8 Å². The number of benzene rings is 1. The van der Waals surface area contributed by atoms with E-state index in [0.717, 1.165) is 24.1 Å². The normalized spacial score (nSPS) is 16.9. The van der Waals surface area contributed by atoms with Crippen LogP contribution in [0.1, 0.15) is 44.1 Å². The Morgan fingerprint density at radius 1 is 0.947 bits per heavy atom. The molecular weight excluding hydrogens is 238 g/mol. The van der Waals surface area contributed by atoms with E-state index in [2.05, 4.69) is 17.4 Å². The monoisotopic (exact) mass is 264 g/mol. The van der Waals surface area contributed by atoms with Gasteiger partial charge in [0.05, 0.1) is 20.3 Å². The molecule has 0 radical (unpaired) electrons. The molecule has 0 aromatic heterocycles. The van der Waals surface area contributed by atoms with Crippen LogP contribution >= 0.6 is 0 Å². The molecule has 0 saturated heterocycles. The van der Waals surface area contributed by atoms with Crippen molar-refractivity contribution in [2.24, 2.45) is 0 Å². The lowest BCUT2D eigenvalue weighted by Gasteiger charge is -2.14. The van der Waals surface area contributed by atoms with Crippen molar-refractivity contribution in [1.82, 2.24) is 0 Å². The summed E-state index contributed by atoms with van der Waals surface area (Å²) in [6.45, 7) is 1.01. The van der Waals surface area contributed by atoms with Crippen LogP contribution in [0.3, 0.4) is 0 Å². The van der Waals surface area contributed by atoms with Crippen molar-refractivity contribution in [3.05, 3.63) is 23.8 Å². The van der Waals surface area contributed by atoms with Gasteiger partial charge in [0.15, 0.2) is 0 Å². The van der Waals surface area contributed by atoms with Crippen molar-refractivity contribution in [3.8, 4) is 11.5 Å². The first-order valence-electron chi connectivity index (χ1n) is 7.37. The molecule has 0 spiro atoms. The zero-order valence-corrected chi connectivity index (χ0v) is 12.2. The van der Waals surface area contributed by atoms with E-state index in [9.17, 15) is 0 Å². The van der Waals surface area contributed by atoms with E-state index < -0.39 is 0 Å². The van der Waals surface area contributed by atoms with Gasteiger partial charge in [-0.15, -0.1) is 0 Å². The molecule has 2 rings (SSSR count). The topological polar surface area (TPSA) is 35.1 Å². The van der Waals surface area contributed by atoms with Crippen LogP contribution in [-0.4, -0.2) is 20.3 Å². The molecule has 1 aliphatic rings. The Morgan fingerprint density at radius 3 is 2.05 bits per heavy atom. The van der Waals surface area contributed by atoms with Gasteiger partial charge in [-0.2, -0.15) is 0 Å². The van der Waals surface area contributed by atoms with Gasteiger partial charge >= 0.3 is 0 Å². The lowest BCUT2D eigenvalue weighted by molar-refractivity contribution is -0.705. The Morgan fingerprint density at radius 2 is 1.53 bits per heavy atom. The second kappa shape index (κ2) is 7.39. The summed E-state index contributed by atoms with van der Waals surface area (Å²) in [5, 5.41) is 2.49. The molecule has 19 heavy (non-hydrogen) atoms. The molecule has 1 saturated carbocycles. The van der Waals surface area contributed by atoms with Crippen LogP contribution in [0.25, 0.3) is 0 Å². The van der Waals surface area contributed by atoms with Gasteiger partial charge in [-0.05, 0) is 37.8 Å². The second-order valence-electron chi connectivity index (χ2n) is 5.41. The molecule has 1 fully saturated rings.